The van der Waals surface area contributed by atoms with E-state index in [2.05, 4.69) is 10.1 Å². The molecule has 2 aromatic heterocycles. The van der Waals surface area contributed by atoms with Gasteiger partial charge in [-0.2, -0.15) is 10.4 Å². The Hall–Kier alpha value is -2.38. The van der Waals surface area contributed by atoms with E-state index >= 15 is 0 Å². The third-order valence-corrected chi connectivity index (χ3v) is 3.06. The number of fused-ring (bicyclic) bond motifs is 1. The van der Waals surface area contributed by atoms with Crippen LogP contribution < -0.4 is 0 Å². The summed E-state index contributed by atoms with van der Waals surface area (Å²) < 4.78 is 1.68. The number of halogens is 1. The first-order valence-electron chi connectivity index (χ1n) is 5.71. The van der Waals surface area contributed by atoms with Crippen molar-refractivity contribution in [1.29, 1.82) is 5.26 Å². The molecule has 0 aliphatic rings. The van der Waals surface area contributed by atoms with E-state index in [-0.39, 0.29) is 0 Å². The van der Waals surface area contributed by atoms with Gasteiger partial charge >= 0.3 is 0 Å². The number of nitriles is 1. The van der Waals surface area contributed by atoms with Crippen molar-refractivity contribution in [3.8, 4) is 17.3 Å². The number of aryl methyl sites for hydroxylation is 1. The molecule has 0 radical (unpaired) electrons. The largest absolute Gasteiger partial charge is 0.234 e. The summed E-state index contributed by atoms with van der Waals surface area (Å²) in [5.74, 6) is 0. The van der Waals surface area contributed by atoms with Gasteiger partial charge in [-0.25, -0.2) is 9.50 Å². The molecule has 0 fully saturated rings. The Morgan fingerprint density at radius 1 is 1.21 bits per heavy atom. The highest BCUT2D eigenvalue weighted by Crippen LogP contribution is 2.23. The van der Waals surface area contributed by atoms with Crippen LogP contribution in [0, 0.1) is 18.3 Å². The molecule has 3 rings (SSSR count). The minimum atomic E-state index is 0.355. The van der Waals surface area contributed by atoms with E-state index in [0.717, 1.165) is 17.0 Å². The summed E-state index contributed by atoms with van der Waals surface area (Å²) in [6.45, 7) is 1.92. The molecule has 0 saturated carbocycles. The number of aromatic nitrogens is 3. The SMILES string of the molecule is Cc1cc(-c2ccc(Cl)cc2)n2nc(C#N)cc2n1. The third-order valence-electron chi connectivity index (χ3n) is 2.81. The molecule has 0 aliphatic carbocycles. The minimum Gasteiger partial charge on any atom is -0.234 e. The molecule has 0 atom stereocenters. The maximum absolute atomic E-state index is 8.93. The first-order chi connectivity index (χ1) is 9.17. The van der Waals surface area contributed by atoms with Crippen LogP contribution in [0.2, 0.25) is 5.02 Å². The number of benzene rings is 1. The van der Waals surface area contributed by atoms with Crippen LogP contribution in [-0.4, -0.2) is 14.6 Å². The summed E-state index contributed by atoms with van der Waals surface area (Å²) >= 11 is 5.90. The van der Waals surface area contributed by atoms with Gasteiger partial charge in [0.05, 0.1) is 5.69 Å². The number of rotatable bonds is 1. The minimum absolute atomic E-state index is 0.355. The molecule has 2 heterocycles. The number of nitrogens with zero attached hydrogens (tertiary/aromatic N) is 4. The highest BCUT2D eigenvalue weighted by molar-refractivity contribution is 6.30. The molecule has 0 bridgehead atoms. The zero-order valence-corrected chi connectivity index (χ0v) is 10.9. The fraction of sp³-hybridized carbons (Fsp3) is 0.0714. The van der Waals surface area contributed by atoms with Gasteiger partial charge < -0.3 is 0 Å². The van der Waals surface area contributed by atoms with Crippen LogP contribution in [-0.2, 0) is 0 Å². The van der Waals surface area contributed by atoms with Crippen molar-refractivity contribution in [2.45, 2.75) is 6.92 Å². The van der Waals surface area contributed by atoms with Crippen LogP contribution >= 0.6 is 11.6 Å². The predicted octanol–water partition coefficient (Wildman–Crippen LogP) is 3.23. The zero-order valence-electron chi connectivity index (χ0n) is 10.1. The van der Waals surface area contributed by atoms with E-state index in [1.807, 2.05) is 43.3 Å². The predicted molar refractivity (Wildman–Crippen MR) is 72.9 cm³/mol. The second-order valence-electron chi connectivity index (χ2n) is 4.20. The molecule has 0 N–H and O–H groups in total. The zero-order chi connectivity index (χ0) is 13.4. The lowest BCUT2D eigenvalue weighted by Gasteiger charge is -2.06. The van der Waals surface area contributed by atoms with Crippen LogP contribution in [0.1, 0.15) is 11.4 Å². The lowest BCUT2D eigenvalue weighted by Crippen LogP contribution is -1.98. The van der Waals surface area contributed by atoms with Gasteiger partial charge in [0.2, 0.25) is 0 Å². The normalized spacial score (nSPS) is 10.6. The summed E-state index contributed by atoms with van der Waals surface area (Å²) in [5, 5.41) is 13.9. The summed E-state index contributed by atoms with van der Waals surface area (Å²) in [5.41, 5.74) is 3.77. The van der Waals surface area contributed by atoms with Gasteiger partial charge in [-0.1, -0.05) is 23.7 Å². The Labute approximate surface area is 114 Å². The van der Waals surface area contributed by atoms with Crippen LogP contribution in [0.3, 0.4) is 0 Å². The van der Waals surface area contributed by atoms with Crippen molar-refractivity contribution in [2.24, 2.45) is 0 Å². The Kier molecular flexibility index (Phi) is 2.69. The molecule has 0 aliphatic heterocycles. The molecule has 0 spiro atoms. The fourth-order valence-electron chi connectivity index (χ4n) is 1.98. The summed E-state index contributed by atoms with van der Waals surface area (Å²) in [4.78, 5) is 4.37. The topological polar surface area (TPSA) is 54.0 Å². The van der Waals surface area contributed by atoms with Crippen LogP contribution in [0.15, 0.2) is 36.4 Å². The van der Waals surface area contributed by atoms with E-state index < -0.39 is 0 Å². The Balaban J connectivity index is 2.30. The molecule has 1 aromatic carbocycles. The quantitative estimate of drug-likeness (QED) is 0.681. The monoisotopic (exact) mass is 268 g/mol. The molecule has 0 saturated heterocycles. The molecule has 4 nitrogen and oxygen atoms in total. The molecule has 5 heteroatoms. The second-order valence-corrected chi connectivity index (χ2v) is 4.64. The molecule has 92 valence electrons. The van der Waals surface area contributed by atoms with Crippen LogP contribution in [0.25, 0.3) is 16.9 Å². The number of hydrogen-bond donors (Lipinski definition) is 0. The van der Waals surface area contributed by atoms with Gasteiger partial charge in [0.15, 0.2) is 11.3 Å². The Morgan fingerprint density at radius 2 is 1.95 bits per heavy atom. The van der Waals surface area contributed by atoms with Crippen LogP contribution in [0.5, 0.6) is 0 Å². The maximum atomic E-state index is 8.93. The average Bonchev–Trinajstić information content (AvgIpc) is 2.81. The summed E-state index contributed by atoms with van der Waals surface area (Å²) in [6, 6.07) is 13.1. The van der Waals surface area contributed by atoms with Crippen molar-refractivity contribution in [2.75, 3.05) is 0 Å². The Morgan fingerprint density at radius 3 is 2.63 bits per heavy atom. The standard InChI is InChI=1S/C14H9ClN4/c1-9-6-13(10-2-4-11(15)5-3-10)19-14(17-9)7-12(8-16)18-19/h2-7H,1H3. The fourth-order valence-corrected chi connectivity index (χ4v) is 2.11. The third kappa shape index (κ3) is 2.05. The van der Waals surface area contributed by atoms with Gasteiger partial charge in [0.25, 0.3) is 0 Å². The lowest BCUT2D eigenvalue weighted by atomic mass is 10.1. The summed E-state index contributed by atoms with van der Waals surface area (Å²) in [6.07, 6.45) is 0. The number of hydrogen-bond acceptors (Lipinski definition) is 3. The van der Waals surface area contributed by atoms with Gasteiger partial charge in [-0.05, 0) is 25.1 Å². The van der Waals surface area contributed by atoms with Crippen molar-refractivity contribution in [3.63, 3.8) is 0 Å². The lowest BCUT2D eigenvalue weighted by molar-refractivity contribution is 0.930. The molecular formula is C14H9ClN4. The molecule has 19 heavy (non-hydrogen) atoms. The van der Waals surface area contributed by atoms with Gasteiger partial charge in [0, 0.05) is 22.3 Å². The first-order valence-corrected chi connectivity index (χ1v) is 6.08. The van der Waals surface area contributed by atoms with E-state index in [4.69, 9.17) is 16.9 Å². The second kappa shape index (κ2) is 4.38. The molecule has 3 aromatic rings. The van der Waals surface area contributed by atoms with E-state index in [1.165, 1.54) is 0 Å². The van der Waals surface area contributed by atoms with Crippen LogP contribution in [0.4, 0.5) is 0 Å². The highest BCUT2D eigenvalue weighted by Gasteiger charge is 2.09. The highest BCUT2D eigenvalue weighted by atomic mass is 35.5. The smallest absolute Gasteiger partial charge is 0.165 e. The average molecular weight is 269 g/mol. The summed E-state index contributed by atoms with van der Waals surface area (Å²) in [7, 11) is 0. The molecule has 0 amide bonds. The van der Waals surface area contributed by atoms with E-state index in [0.29, 0.717) is 16.4 Å². The molecular weight excluding hydrogens is 260 g/mol. The van der Waals surface area contributed by atoms with Gasteiger partial charge in [0.1, 0.15) is 6.07 Å². The Bertz CT molecular complexity index is 797. The van der Waals surface area contributed by atoms with Crippen molar-refractivity contribution < 1.29 is 0 Å². The maximum Gasteiger partial charge on any atom is 0.165 e. The van der Waals surface area contributed by atoms with Gasteiger partial charge in [-0.15, -0.1) is 0 Å². The van der Waals surface area contributed by atoms with E-state index in [1.54, 1.807) is 10.6 Å². The van der Waals surface area contributed by atoms with Crippen molar-refractivity contribution in [3.05, 3.63) is 52.8 Å². The molecule has 0 unspecified atom stereocenters. The van der Waals surface area contributed by atoms with Crippen molar-refractivity contribution in [1.82, 2.24) is 14.6 Å². The first kappa shape index (κ1) is 11.7. The van der Waals surface area contributed by atoms with E-state index in [9.17, 15) is 0 Å². The van der Waals surface area contributed by atoms with Crippen molar-refractivity contribution >= 4 is 17.2 Å². The van der Waals surface area contributed by atoms with Gasteiger partial charge in [-0.3, -0.25) is 0 Å².